The van der Waals surface area contributed by atoms with Crippen molar-refractivity contribution in [2.45, 2.75) is 6.54 Å². The van der Waals surface area contributed by atoms with Crippen LogP contribution in [0, 0.1) is 0 Å². The van der Waals surface area contributed by atoms with Crippen LogP contribution < -0.4 is 10.1 Å². The van der Waals surface area contributed by atoms with Crippen LogP contribution in [0.2, 0.25) is 5.02 Å². The van der Waals surface area contributed by atoms with Crippen molar-refractivity contribution in [2.75, 3.05) is 12.4 Å². The van der Waals surface area contributed by atoms with Crippen LogP contribution in [0.5, 0.6) is 5.88 Å². The number of carbonyl (C=O) groups excluding carboxylic acids is 1. The Hall–Kier alpha value is -3.45. The Balaban J connectivity index is 1.47. The third-order valence-electron chi connectivity index (χ3n) is 4.25. The first-order chi connectivity index (χ1) is 13.6. The normalized spacial score (nSPS) is 10.8. The molecule has 0 spiro atoms. The zero-order chi connectivity index (χ0) is 19.5. The molecule has 4 aromatic heterocycles. The Kier molecular flexibility index (Phi) is 4.90. The van der Waals surface area contributed by atoms with Gasteiger partial charge in [0.25, 0.3) is 0 Å². The number of pyridine rings is 3. The van der Waals surface area contributed by atoms with Gasteiger partial charge in [-0.1, -0.05) is 17.7 Å². The van der Waals surface area contributed by atoms with Crippen molar-refractivity contribution in [3.8, 4) is 5.88 Å². The van der Waals surface area contributed by atoms with E-state index in [9.17, 15) is 4.79 Å². The van der Waals surface area contributed by atoms with E-state index in [-0.39, 0.29) is 5.78 Å². The van der Waals surface area contributed by atoms with Crippen LogP contribution >= 0.6 is 11.6 Å². The molecule has 0 amide bonds. The molecule has 2 N–H and O–H groups in total. The van der Waals surface area contributed by atoms with Crippen LogP contribution in [0.4, 0.5) is 5.82 Å². The first-order valence-electron chi connectivity index (χ1n) is 8.50. The van der Waals surface area contributed by atoms with Gasteiger partial charge in [-0.05, 0) is 23.8 Å². The Morgan fingerprint density at radius 1 is 1.14 bits per heavy atom. The summed E-state index contributed by atoms with van der Waals surface area (Å²) in [4.78, 5) is 28.5. The summed E-state index contributed by atoms with van der Waals surface area (Å²) < 4.78 is 5.04. The van der Waals surface area contributed by atoms with Gasteiger partial charge in [-0.15, -0.1) is 0 Å². The number of aromatic amines is 1. The monoisotopic (exact) mass is 393 g/mol. The van der Waals surface area contributed by atoms with E-state index in [0.717, 1.165) is 5.56 Å². The fourth-order valence-electron chi connectivity index (χ4n) is 2.78. The number of rotatable bonds is 6. The SMILES string of the molecule is COc1ccc(CNc2ccc(C(=O)c3c[nH]c4ncc(Cl)cc34)cn2)cn1. The minimum absolute atomic E-state index is 0.145. The number of nitrogens with one attached hydrogen (secondary N) is 2. The molecule has 0 bridgehead atoms. The van der Waals surface area contributed by atoms with E-state index in [0.29, 0.717) is 45.4 Å². The number of anilines is 1. The van der Waals surface area contributed by atoms with Gasteiger partial charge in [0.05, 0.1) is 12.1 Å². The molecule has 28 heavy (non-hydrogen) atoms. The highest BCUT2D eigenvalue weighted by atomic mass is 35.5. The second-order valence-electron chi connectivity index (χ2n) is 6.08. The molecule has 0 atom stereocenters. The first-order valence-corrected chi connectivity index (χ1v) is 8.88. The van der Waals surface area contributed by atoms with Crippen molar-refractivity contribution in [1.82, 2.24) is 19.9 Å². The topological polar surface area (TPSA) is 92.8 Å². The lowest BCUT2D eigenvalue weighted by molar-refractivity contribution is 0.104. The van der Waals surface area contributed by atoms with Gasteiger partial charge in [0, 0.05) is 53.9 Å². The molecule has 0 fully saturated rings. The number of H-pyrrole nitrogens is 1. The number of fused-ring (bicyclic) bond motifs is 1. The lowest BCUT2D eigenvalue weighted by atomic mass is 10.1. The molecule has 4 heterocycles. The second-order valence-corrected chi connectivity index (χ2v) is 6.51. The van der Waals surface area contributed by atoms with Crippen molar-refractivity contribution in [3.05, 3.63) is 76.8 Å². The van der Waals surface area contributed by atoms with Crippen LogP contribution in [0.25, 0.3) is 11.0 Å². The van der Waals surface area contributed by atoms with Crippen LogP contribution in [0.3, 0.4) is 0 Å². The quantitative estimate of drug-likeness (QED) is 0.483. The molecule has 0 aliphatic rings. The van der Waals surface area contributed by atoms with Crippen LogP contribution in [-0.4, -0.2) is 32.8 Å². The van der Waals surface area contributed by atoms with Gasteiger partial charge in [0.15, 0.2) is 5.78 Å². The van der Waals surface area contributed by atoms with Gasteiger partial charge >= 0.3 is 0 Å². The predicted molar refractivity (Wildman–Crippen MR) is 107 cm³/mol. The van der Waals surface area contributed by atoms with Crippen molar-refractivity contribution in [2.24, 2.45) is 0 Å². The average Bonchev–Trinajstić information content (AvgIpc) is 3.15. The fraction of sp³-hybridized carbons (Fsp3) is 0.100. The highest BCUT2D eigenvalue weighted by Crippen LogP contribution is 2.23. The highest BCUT2D eigenvalue weighted by molar-refractivity contribution is 6.31. The highest BCUT2D eigenvalue weighted by Gasteiger charge is 2.15. The first kappa shape index (κ1) is 17.9. The summed E-state index contributed by atoms with van der Waals surface area (Å²) in [5.74, 6) is 1.09. The molecule has 140 valence electrons. The zero-order valence-corrected chi connectivity index (χ0v) is 15.7. The van der Waals surface area contributed by atoms with Crippen LogP contribution in [-0.2, 0) is 6.54 Å². The van der Waals surface area contributed by atoms with Crippen molar-refractivity contribution < 1.29 is 9.53 Å². The number of halogens is 1. The third kappa shape index (κ3) is 3.65. The van der Waals surface area contributed by atoms with Crippen LogP contribution in [0.15, 0.2) is 55.1 Å². The Morgan fingerprint density at radius 3 is 2.75 bits per heavy atom. The summed E-state index contributed by atoms with van der Waals surface area (Å²) in [6, 6.07) is 8.95. The molecule has 0 radical (unpaired) electrons. The lowest BCUT2D eigenvalue weighted by Crippen LogP contribution is -2.05. The van der Waals surface area contributed by atoms with Crippen molar-refractivity contribution in [1.29, 1.82) is 0 Å². The van der Waals surface area contributed by atoms with E-state index in [2.05, 4.69) is 25.3 Å². The number of ether oxygens (including phenoxy) is 1. The summed E-state index contributed by atoms with van der Waals surface area (Å²) >= 11 is 6.00. The molecule has 0 aliphatic heterocycles. The number of nitrogens with zero attached hydrogens (tertiary/aromatic N) is 3. The standard InChI is InChI=1S/C20H16ClN5O2/c1-28-18-5-2-12(8-24-18)7-22-17-4-3-13(9-23-17)19(27)16-11-26-20-15(16)6-14(21)10-25-20/h2-6,8-11H,7H2,1H3,(H,22,23)(H,25,26). The van der Waals surface area contributed by atoms with E-state index in [1.165, 1.54) is 6.20 Å². The van der Waals surface area contributed by atoms with E-state index in [4.69, 9.17) is 16.3 Å². The number of hydrogen-bond acceptors (Lipinski definition) is 6. The molecule has 0 saturated carbocycles. The molecule has 0 aliphatic carbocycles. The minimum atomic E-state index is -0.145. The van der Waals surface area contributed by atoms with Gasteiger partial charge in [0.2, 0.25) is 5.88 Å². The van der Waals surface area contributed by atoms with Gasteiger partial charge < -0.3 is 15.0 Å². The Labute approximate surface area is 165 Å². The summed E-state index contributed by atoms with van der Waals surface area (Å²) in [5, 5.41) is 4.36. The Bertz CT molecular complexity index is 1120. The van der Waals surface area contributed by atoms with E-state index >= 15 is 0 Å². The summed E-state index contributed by atoms with van der Waals surface area (Å²) in [7, 11) is 1.58. The number of aromatic nitrogens is 4. The van der Waals surface area contributed by atoms with E-state index in [1.807, 2.05) is 6.07 Å². The van der Waals surface area contributed by atoms with Crippen molar-refractivity contribution >= 4 is 34.2 Å². The van der Waals surface area contributed by atoms with Gasteiger partial charge in [-0.3, -0.25) is 4.79 Å². The fourth-order valence-corrected chi connectivity index (χ4v) is 2.94. The maximum Gasteiger partial charge on any atom is 0.212 e. The Morgan fingerprint density at radius 2 is 2.04 bits per heavy atom. The predicted octanol–water partition coefficient (Wildman–Crippen LogP) is 3.86. The lowest BCUT2D eigenvalue weighted by Gasteiger charge is -2.07. The maximum absolute atomic E-state index is 12.8. The van der Waals surface area contributed by atoms with Gasteiger partial charge in [-0.2, -0.15) is 0 Å². The molecule has 0 saturated heterocycles. The third-order valence-corrected chi connectivity index (χ3v) is 4.46. The second kappa shape index (κ2) is 7.66. The van der Waals surface area contributed by atoms with Crippen LogP contribution in [0.1, 0.15) is 21.5 Å². The zero-order valence-electron chi connectivity index (χ0n) is 14.9. The molecule has 4 rings (SSSR count). The minimum Gasteiger partial charge on any atom is -0.481 e. The molecule has 8 heteroatoms. The summed E-state index contributed by atoms with van der Waals surface area (Å²) in [6.45, 7) is 0.559. The van der Waals surface area contributed by atoms with E-state index in [1.54, 1.807) is 50.0 Å². The summed E-state index contributed by atoms with van der Waals surface area (Å²) in [6.07, 6.45) is 6.46. The number of ketones is 1. The smallest absolute Gasteiger partial charge is 0.212 e. The van der Waals surface area contributed by atoms with Crippen molar-refractivity contribution in [3.63, 3.8) is 0 Å². The molecule has 0 aromatic carbocycles. The van der Waals surface area contributed by atoms with E-state index < -0.39 is 0 Å². The molecular weight excluding hydrogens is 378 g/mol. The number of hydrogen-bond donors (Lipinski definition) is 2. The molecular formula is C20H16ClN5O2. The molecule has 7 nitrogen and oxygen atoms in total. The number of methoxy groups -OCH3 is 1. The largest absolute Gasteiger partial charge is 0.481 e. The summed E-state index contributed by atoms with van der Waals surface area (Å²) in [5.41, 5.74) is 2.60. The maximum atomic E-state index is 12.8. The van der Waals surface area contributed by atoms with Gasteiger partial charge in [-0.25, -0.2) is 15.0 Å². The van der Waals surface area contributed by atoms with Gasteiger partial charge in [0.1, 0.15) is 11.5 Å². The molecule has 0 unspecified atom stereocenters. The number of carbonyl (C=O) groups is 1. The molecule has 4 aromatic rings. The average molecular weight is 394 g/mol.